The number of fused-ring (bicyclic) bond motifs is 1. The Kier molecular flexibility index (Phi) is 4.19. The summed E-state index contributed by atoms with van der Waals surface area (Å²) in [6.45, 7) is 4.52. The van der Waals surface area contributed by atoms with Gasteiger partial charge in [0.2, 0.25) is 0 Å². The second-order valence-corrected chi connectivity index (χ2v) is 6.43. The summed E-state index contributed by atoms with van der Waals surface area (Å²) >= 11 is 12.4. The summed E-state index contributed by atoms with van der Waals surface area (Å²) in [7, 11) is 0. The van der Waals surface area contributed by atoms with Crippen LogP contribution < -0.4 is 10.4 Å². The first-order chi connectivity index (χ1) is 10.5. The molecule has 0 unspecified atom stereocenters. The lowest BCUT2D eigenvalue weighted by atomic mass is 10.2. The van der Waals surface area contributed by atoms with Gasteiger partial charge in [0.05, 0.1) is 21.8 Å². The average molecular weight is 342 g/mol. The second kappa shape index (κ2) is 5.97. The molecular weight excluding hydrogens is 325 g/mol. The standard InChI is InChI=1S/C15H17Cl2N3O2/c1-9(2)22-13-8-12(10(16)7-11(13)17)20-15(21)19-6-4-3-5-14(19)18-20/h7-9H,3-6H2,1-2H3. The predicted octanol–water partition coefficient (Wildman–Crippen LogP) is 3.46. The van der Waals surface area contributed by atoms with Gasteiger partial charge in [0.1, 0.15) is 11.6 Å². The van der Waals surface area contributed by atoms with Crippen LogP contribution in [0.4, 0.5) is 0 Å². The number of rotatable bonds is 3. The molecule has 0 N–H and O–H groups in total. The largest absolute Gasteiger partial charge is 0.489 e. The fraction of sp³-hybridized carbons (Fsp3) is 0.467. The monoisotopic (exact) mass is 341 g/mol. The molecule has 118 valence electrons. The molecule has 1 aliphatic rings. The number of aromatic nitrogens is 3. The maximum absolute atomic E-state index is 12.5. The van der Waals surface area contributed by atoms with Crippen LogP contribution in [0.25, 0.3) is 5.69 Å². The summed E-state index contributed by atoms with van der Waals surface area (Å²) < 4.78 is 8.71. The van der Waals surface area contributed by atoms with Gasteiger partial charge in [0.25, 0.3) is 0 Å². The molecule has 0 fully saturated rings. The van der Waals surface area contributed by atoms with Crippen LogP contribution in [-0.2, 0) is 13.0 Å². The minimum atomic E-state index is -0.172. The smallest absolute Gasteiger partial charge is 0.350 e. The van der Waals surface area contributed by atoms with Crippen molar-refractivity contribution in [1.29, 1.82) is 0 Å². The molecule has 1 aromatic carbocycles. The molecule has 0 spiro atoms. The van der Waals surface area contributed by atoms with E-state index in [4.69, 9.17) is 27.9 Å². The molecule has 0 atom stereocenters. The van der Waals surface area contributed by atoms with Gasteiger partial charge in [-0.1, -0.05) is 23.2 Å². The highest BCUT2D eigenvalue weighted by Crippen LogP contribution is 2.33. The Morgan fingerprint density at radius 3 is 2.68 bits per heavy atom. The molecule has 3 rings (SSSR count). The fourth-order valence-corrected chi connectivity index (χ4v) is 3.09. The van der Waals surface area contributed by atoms with E-state index in [1.54, 1.807) is 16.7 Å². The Balaban J connectivity index is 2.12. The van der Waals surface area contributed by atoms with Gasteiger partial charge < -0.3 is 4.74 Å². The minimum Gasteiger partial charge on any atom is -0.489 e. The van der Waals surface area contributed by atoms with Crippen molar-refractivity contribution in [2.45, 2.75) is 45.8 Å². The van der Waals surface area contributed by atoms with Crippen molar-refractivity contribution in [3.8, 4) is 11.4 Å². The normalized spacial score (nSPS) is 14.2. The number of hydrogen-bond donors (Lipinski definition) is 0. The second-order valence-electron chi connectivity index (χ2n) is 5.62. The summed E-state index contributed by atoms with van der Waals surface area (Å²) in [6, 6.07) is 3.26. The third-order valence-corrected chi connectivity index (χ3v) is 4.16. The van der Waals surface area contributed by atoms with Crippen molar-refractivity contribution >= 4 is 23.2 Å². The van der Waals surface area contributed by atoms with Crippen LogP contribution in [-0.4, -0.2) is 20.5 Å². The molecule has 2 heterocycles. The number of aryl methyl sites for hydroxylation is 1. The van der Waals surface area contributed by atoms with Gasteiger partial charge in [-0.3, -0.25) is 4.57 Å². The number of halogens is 2. The SMILES string of the molecule is CC(C)Oc1cc(-n2nc3n(c2=O)CCCC3)c(Cl)cc1Cl. The lowest BCUT2D eigenvalue weighted by Crippen LogP contribution is -2.26. The van der Waals surface area contributed by atoms with E-state index in [-0.39, 0.29) is 11.8 Å². The molecule has 0 aliphatic carbocycles. The summed E-state index contributed by atoms with van der Waals surface area (Å²) in [6.07, 6.45) is 2.82. The van der Waals surface area contributed by atoms with Crippen molar-refractivity contribution in [2.24, 2.45) is 0 Å². The zero-order valence-corrected chi connectivity index (χ0v) is 14.0. The summed E-state index contributed by atoms with van der Waals surface area (Å²) in [5.41, 5.74) is 0.322. The first kappa shape index (κ1) is 15.4. The van der Waals surface area contributed by atoms with Crippen LogP contribution in [0, 0.1) is 0 Å². The fourth-order valence-electron chi connectivity index (χ4n) is 2.58. The first-order valence-corrected chi connectivity index (χ1v) is 8.08. The van der Waals surface area contributed by atoms with E-state index in [0.717, 1.165) is 25.1 Å². The van der Waals surface area contributed by atoms with Crippen LogP contribution in [0.1, 0.15) is 32.5 Å². The number of nitrogens with zero attached hydrogens (tertiary/aromatic N) is 3. The summed E-state index contributed by atoms with van der Waals surface area (Å²) in [5.74, 6) is 1.29. The van der Waals surface area contributed by atoms with E-state index in [2.05, 4.69) is 5.10 Å². The first-order valence-electron chi connectivity index (χ1n) is 7.32. The molecule has 7 heteroatoms. The Morgan fingerprint density at radius 2 is 2.00 bits per heavy atom. The molecular formula is C15H17Cl2N3O2. The zero-order valence-electron chi connectivity index (χ0n) is 12.5. The van der Waals surface area contributed by atoms with Gasteiger partial charge in [-0.25, -0.2) is 4.79 Å². The van der Waals surface area contributed by atoms with Crippen molar-refractivity contribution < 1.29 is 4.74 Å². The van der Waals surface area contributed by atoms with Crippen LogP contribution in [0.3, 0.4) is 0 Å². The maximum Gasteiger partial charge on any atom is 0.350 e. The molecule has 0 radical (unpaired) electrons. The summed E-state index contributed by atoms with van der Waals surface area (Å²) in [5, 5.41) is 5.21. The molecule has 0 bridgehead atoms. The highest BCUT2D eigenvalue weighted by molar-refractivity contribution is 6.36. The van der Waals surface area contributed by atoms with Gasteiger partial charge in [-0.2, -0.15) is 4.68 Å². The maximum atomic E-state index is 12.5. The Labute approximate surface area is 138 Å². The van der Waals surface area contributed by atoms with Crippen LogP contribution in [0.15, 0.2) is 16.9 Å². The third-order valence-electron chi connectivity index (χ3n) is 3.56. The Bertz CT molecular complexity index is 765. The Morgan fingerprint density at radius 1 is 1.23 bits per heavy atom. The quantitative estimate of drug-likeness (QED) is 0.858. The van der Waals surface area contributed by atoms with E-state index in [0.29, 0.717) is 28.0 Å². The zero-order chi connectivity index (χ0) is 15.9. The van der Waals surface area contributed by atoms with Crippen molar-refractivity contribution in [3.63, 3.8) is 0 Å². The molecule has 1 aromatic heterocycles. The van der Waals surface area contributed by atoms with Gasteiger partial charge in [-0.05, 0) is 32.8 Å². The lowest BCUT2D eigenvalue weighted by molar-refractivity contribution is 0.242. The molecule has 1 aliphatic heterocycles. The van der Waals surface area contributed by atoms with Crippen LogP contribution in [0.2, 0.25) is 10.0 Å². The van der Waals surface area contributed by atoms with E-state index in [9.17, 15) is 4.79 Å². The molecule has 0 amide bonds. The van der Waals surface area contributed by atoms with Gasteiger partial charge in [0, 0.05) is 19.0 Å². The lowest BCUT2D eigenvalue weighted by Gasteiger charge is -2.13. The molecule has 0 saturated heterocycles. The van der Waals surface area contributed by atoms with Crippen LogP contribution in [0.5, 0.6) is 5.75 Å². The number of benzene rings is 1. The highest BCUT2D eigenvalue weighted by Gasteiger charge is 2.20. The van der Waals surface area contributed by atoms with E-state index in [1.807, 2.05) is 13.8 Å². The van der Waals surface area contributed by atoms with E-state index >= 15 is 0 Å². The van der Waals surface area contributed by atoms with Crippen LogP contribution >= 0.6 is 23.2 Å². The highest BCUT2D eigenvalue weighted by atomic mass is 35.5. The van der Waals surface area contributed by atoms with Gasteiger partial charge >= 0.3 is 5.69 Å². The van der Waals surface area contributed by atoms with Crippen molar-refractivity contribution in [3.05, 3.63) is 38.5 Å². The van der Waals surface area contributed by atoms with Gasteiger partial charge in [-0.15, -0.1) is 5.10 Å². The topological polar surface area (TPSA) is 49.0 Å². The molecule has 2 aromatic rings. The van der Waals surface area contributed by atoms with Gasteiger partial charge in [0.15, 0.2) is 0 Å². The molecule has 5 nitrogen and oxygen atoms in total. The van der Waals surface area contributed by atoms with E-state index in [1.165, 1.54) is 4.68 Å². The molecule has 0 saturated carbocycles. The van der Waals surface area contributed by atoms with E-state index < -0.39 is 0 Å². The number of hydrogen-bond acceptors (Lipinski definition) is 3. The third kappa shape index (κ3) is 2.75. The van der Waals surface area contributed by atoms with Crippen molar-refractivity contribution in [1.82, 2.24) is 14.3 Å². The Hall–Kier alpha value is -1.46. The summed E-state index contributed by atoms with van der Waals surface area (Å²) in [4.78, 5) is 12.5. The average Bonchev–Trinajstić information content (AvgIpc) is 2.79. The minimum absolute atomic E-state index is 0.0292. The molecule has 22 heavy (non-hydrogen) atoms. The van der Waals surface area contributed by atoms with Crippen molar-refractivity contribution in [2.75, 3.05) is 0 Å². The number of ether oxygens (including phenoxy) is 1. The predicted molar refractivity (Wildman–Crippen MR) is 86.5 cm³/mol.